The Kier molecular flexibility index (Phi) is 4.82. The molecule has 29 heavy (non-hydrogen) atoms. The molecule has 3 heterocycles. The summed E-state index contributed by atoms with van der Waals surface area (Å²) in [6.07, 6.45) is 0. The van der Waals surface area contributed by atoms with Gasteiger partial charge in [-0.1, -0.05) is 0 Å². The third-order valence-electron chi connectivity index (χ3n) is 5.53. The van der Waals surface area contributed by atoms with Crippen molar-refractivity contribution in [3.05, 3.63) is 52.8 Å². The molecule has 0 radical (unpaired) electrons. The van der Waals surface area contributed by atoms with Crippen LogP contribution in [0, 0.1) is 13.8 Å². The van der Waals surface area contributed by atoms with Gasteiger partial charge in [0.05, 0.1) is 16.6 Å². The van der Waals surface area contributed by atoms with Crippen molar-refractivity contribution in [3.8, 4) is 0 Å². The standard InChI is InChI=1S/C22H25N5O2/c1-14-13-19(20-15(2)24-25(4)21(20)23-14)22(29)27-11-9-26(10-12-27)18-7-5-17(6-8-18)16(3)28/h5-8,13H,9-12H2,1-4H3. The number of nitrogens with zero attached hydrogens (tertiary/aromatic N) is 5. The average molecular weight is 391 g/mol. The molecule has 0 bridgehead atoms. The molecule has 7 heteroatoms. The molecule has 2 aromatic heterocycles. The van der Waals surface area contributed by atoms with Crippen LogP contribution in [0.4, 0.5) is 5.69 Å². The van der Waals surface area contributed by atoms with Crippen LogP contribution in [0.25, 0.3) is 11.0 Å². The summed E-state index contributed by atoms with van der Waals surface area (Å²) in [6, 6.07) is 9.53. The number of aromatic nitrogens is 3. The van der Waals surface area contributed by atoms with Gasteiger partial charge in [0.15, 0.2) is 11.4 Å². The molecule has 3 aromatic rings. The highest BCUT2D eigenvalue weighted by atomic mass is 16.2. The number of hydrogen-bond acceptors (Lipinski definition) is 5. The first-order valence-corrected chi connectivity index (χ1v) is 9.81. The van der Waals surface area contributed by atoms with Crippen molar-refractivity contribution in [1.82, 2.24) is 19.7 Å². The van der Waals surface area contributed by atoms with E-state index in [0.717, 1.165) is 41.2 Å². The first-order valence-electron chi connectivity index (χ1n) is 9.81. The third kappa shape index (κ3) is 3.48. The van der Waals surface area contributed by atoms with Crippen LogP contribution in [-0.4, -0.2) is 57.5 Å². The monoisotopic (exact) mass is 391 g/mol. The van der Waals surface area contributed by atoms with E-state index in [1.807, 2.05) is 56.1 Å². The maximum absolute atomic E-state index is 13.3. The summed E-state index contributed by atoms with van der Waals surface area (Å²) in [7, 11) is 1.85. The second-order valence-electron chi connectivity index (χ2n) is 7.60. The molecule has 1 aromatic carbocycles. The van der Waals surface area contributed by atoms with Crippen LogP contribution in [0.15, 0.2) is 30.3 Å². The smallest absolute Gasteiger partial charge is 0.254 e. The third-order valence-corrected chi connectivity index (χ3v) is 5.53. The maximum Gasteiger partial charge on any atom is 0.254 e. The summed E-state index contributed by atoms with van der Waals surface area (Å²) in [5.74, 6) is 0.0970. The molecule has 4 rings (SSSR count). The summed E-state index contributed by atoms with van der Waals surface area (Å²) in [6.45, 7) is 8.20. The molecule has 1 saturated heterocycles. The molecule has 0 atom stereocenters. The number of ketones is 1. The molecule has 7 nitrogen and oxygen atoms in total. The predicted molar refractivity (Wildman–Crippen MR) is 113 cm³/mol. The Bertz CT molecular complexity index is 1090. The molecule has 0 spiro atoms. The summed E-state index contributed by atoms with van der Waals surface area (Å²) in [5, 5.41) is 5.28. The lowest BCUT2D eigenvalue weighted by Gasteiger charge is -2.36. The van der Waals surface area contributed by atoms with E-state index in [4.69, 9.17) is 0 Å². The zero-order valence-corrected chi connectivity index (χ0v) is 17.3. The van der Waals surface area contributed by atoms with E-state index in [-0.39, 0.29) is 11.7 Å². The Morgan fingerprint density at radius 3 is 2.28 bits per heavy atom. The summed E-state index contributed by atoms with van der Waals surface area (Å²) < 4.78 is 1.73. The molecule has 0 aliphatic carbocycles. The SMILES string of the molecule is CC(=O)c1ccc(N2CCN(C(=O)c3cc(C)nc4c3c(C)nn4C)CC2)cc1. The van der Waals surface area contributed by atoms with Crippen LogP contribution in [-0.2, 0) is 7.05 Å². The van der Waals surface area contributed by atoms with E-state index in [9.17, 15) is 9.59 Å². The zero-order valence-electron chi connectivity index (χ0n) is 17.3. The summed E-state index contributed by atoms with van der Waals surface area (Å²) in [4.78, 5) is 33.5. The number of carbonyl (C=O) groups excluding carboxylic acids is 2. The number of pyridine rings is 1. The predicted octanol–water partition coefficient (Wildman–Crippen LogP) is 2.75. The lowest BCUT2D eigenvalue weighted by Crippen LogP contribution is -2.48. The Balaban J connectivity index is 1.52. The highest BCUT2D eigenvalue weighted by Gasteiger charge is 2.26. The van der Waals surface area contributed by atoms with Crippen LogP contribution in [0.5, 0.6) is 0 Å². The molecule has 1 fully saturated rings. The number of amides is 1. The van der Waals surface area contributed by atoms with E-state index in [2.05, 4.69) is 15.0 Å². The van der Waals surface area contributed by atoms with Gasteiger partial charge in [0, 0.05) is 50.2 Å². The number of hydrogen-bond donors (Lipinski definition) is 0. The van der Waals surface area contributed by atoms with Gasteiger partial charge in [-0.25, -0.2) is 4.98 Å². The van der Waals surface area contributed by atoms with Crippen molar-refractivity contribution in [2.24, 2.45) is 7.05 Å². The molecule has 150 valence electrons. The second-order valence-corrected chi connectivity index (χ2v) is 7.60. The number of rotatable bonds is 3. The minimum absolute atomic E-state index is 0.0307. The number of Topliss-reactive ketones (excluding diaryl/α,β-unsaturated/α-hetero) is 1. The fourth-order valence-corrected chi connectivity index (χ4v) is 3.98. The quantitative estimate of drug-likeness (QED) is 0.642. The van der Waals surface area contributed by atoms with Gasteiger partial charge in [-0.2, -0.15) is 5.10 Å². The van der Waals surface area contributed by atoms with Crippen LogP contribution >= 0.6 is 0 Å². The Morgan fingerprint density at radius 2 is 1.66 bits per heavy atom. The van der Waals surface area contributed by atoms with Gasteiger partial charge in [-0.3, -0.25) is 14.3 Å². The van der Waals surface area contributed by atoms with Crippen molar-refractivity contribution in [3.63, 3.8) is 0 Å². The van der Waals surface area contributed by atoms with Gasteiger partial charge in [0.2, 0.25) is 0 Å². The van der Waals surface area contributed by atoms with E-state index < -0.39 is 0 Å². The van der Waals surface area contributed by atoms with Crippen molar-refractivity contribution in [2.45, 2.75) is 20.8 Å². The number of anilines is 1. The number of aryl methyl sites for hydroxylation is 3. The van der Waals surface area contributed by atoms with Gasteiger partial charge >= 0.3 is 0 Å². The minimum Gasteiger partial charge on any atom is -0.368 e. The van der Waals surface area contributed by atoms with Gasteiger partial charge in [0.1, 0.15) is 0 Å². The molecule has 1 aliphatic heterocycles. The first kappa shape index (κ1) is 19.1. The Hall–Kier alpha value is -3.22. The Labute approximate surface area is 169 Å². The van der Waals surface area contributed by atoms with Crippen LogP contribution in [0.2, 0.25) is 0 Å². The molecular formula is C22H25N5O2. The molecule has 1 amide bonds. The Morgan fingerprint density at radius 1 is 1.00 bits per heavy atom. The highest BCUT2D eigenvalue weighted by Crippen LogP contribution is 2.24. The van der Waals surface area contributed by atoms with Crippen molar-refractivity contribution in [2.75, 3.05) is 31.1 Å². The van der Waals surface area contributed by atoms with Crippen molar-refractivity contribution >= 4 is 28.4 Å². The molecule has 0 unspecified atom stereocenters. The van der Waals surface area contributed by atoms with Crippen molar-refractivity contribution < 1.29 is 9.59 Å². The van der Waals surface area contributed by atoms with E-state index in [0.29, 0.717) is 24.2 Å². The van der Waals surface area contributed by atoms with E-state index >= 15 is 0 Å². The first-order chi connectivity index (χ1) is 13.8. The maximum atomic E-state index is 13.3. The average Bonchev–Trinajstić information content (AvgIpc) is 3.00. The zero-order chi connectivity index (χ0) is 20.7. The summed E-state index contributed by atoms with van der Waals surface area (Å²) in [5.41, 5.74) is 4.85. The lowest BCUT2D eigenvalue weighted by atomic mass is 10.1. The molecule has 1 aliphatic rings. The minimum atomic E-state index is 0.0307. The number of fused-ring (bicyclic) bond motifs is 1. The van der Waals surface area contributed by atoms with Crippen molar-refractivity contribution in [1.29, 1.82) is 0 Å². The molecule has 0 saturated carbocycles. The fourth-order valence-electron chi connectivity index (χ4n) is 3.98. The molecular weight excluding hydrogens is 366 g/mol. The van der Waals surface area contributed by atoms with Crippen LogP contribution in [0.3, 0.4) is 0 Å². The number of benzene rings is 1. The fraction of sp³-hybridized carbons (Fsp3) is 0.364. The van der Waals surface area contributed by atoms with Gasteiger partial charge in [-0.15, -0.1) is 0 Å². The van der Waals surface area contributed by atoms with E-state index in [1.54, 1.807) is 11.6 Å². The topological polar surface area (TPSA) is 71.3 Å². The van der Waals surface area contributed by atoms with Crippen LogP contribution < -0.4 is 4.90 Å². The van der Waals surface area contributed by atoms with Gasteiger partial charge < -0.3 is 9.80 Å². The van der Waals surface area contributed by atoms with Gasteiger partial charge in [-0.05, 0) is 51.1 Å². The van der Waals surface area contributed by atoms with E-state index in [1.165, 1.54) is 0 Å². The summed E-state index contributed by atoms with van der Waals surface area (Å²) >= 11 is 0. The van der Waals surface area contributed by atoms with Crippen LogP contribution in [0.1, 0.15) is 39.0 Å². The second kappa shape index (κ2) is 7.31. The largest absolute Gasteiger partial charge is 0.368 e. The lowest BCUT2D eigenvalue weighted by molar-refractivity contribution is 0.0748. The normalized spacial score (nSPS) is 14.5. The number of piperazine rings is 1. The molecule has 0 N–H and O–H groups in total. The number of carbonyl (C=O) groups is 2. The highest BCUT2D eigenvalue weighted by molar-refractivity contribution is 6.06. The van der Waals surface area contributed by atoms with Gasteiger partial charge in [0.25, 0.3) is 5.91 Å².